The third kappa shape index (κ3) is 4.91. The summed E-state index contributed by atoms with van der Waals surface area (Å²) in [7, 11) is 0. The van der Waals surface area contributed by atoms with Crippen molar-refractivity contribution in [1.29, 1.82) is 0 Å². The zero-order chi connectivity index (χ0) is 18.1. The lowest BCUT2D eigenvalue weighted by molar-refractivity contribution is 0.0951. The summed E-state index contributed by atoms with van der Waals surface area (Å²) in [5.41, 5.74) is 2.52. The van der Waals surface area contributed by atoms with Gasteiger partial charge in [0.1, 0.15) is 5.75 Å². The van der Waals surface area contributed by atoms with Gasteiger partial charge in [-0.05, 0) is 48.9 Å². The van der Waals surface area contributed by atoms with E-state index in [1.807, 2.05) is 55.5 Å². The maximum atomic E-state index is 12.3. The van der Waals surface area contributed by atoms with Crippen molar-refractivity contribution >= 4 is 16.8 Å². The maximum Gasteiger partial charge on any atom is 0.251 e. The third-order valence-electron chi connectivity index (χ3n) is 3.53. The molecule has 0 aliphatic carbocycles. The van der Waals surface area contributed by atoms with E-state index < -0.39 is 0 Å². The van der Waals surface area contributed by atoms with Crippen LogP contribution in [0.25, 0.3) is 10.9 Å². The molecule has 3 aromatic rings. The van der Waals surface area contributed by atoms with E-state index in [9.17, 15) is 4.79 Å². The lowest BCUT2D eigenvalue weighted by Gasteiger charge is -2.08. The van der Waals surface area contributed by atoms with E-state index >= 15 is 0 Å². The molecular formula is C21H22N2O2. The van der Waals surface area contributed by atoms with Crippen LogP contribution >= 0.6 is 0 Å². The monoisotopic (exact) mass is 334 g/mol. The van der Waals surface area contributed by atoms with E-state index in [4.69, 9.17) is 4.74 Å². The molecule has 1 N–H and O–H groups in total. The number of fused-ring (bicyclic) bond motifs is 1. The Labute approximate surface area is 148 Å². The minimum absolute atomic E-state index is 0.0995. The number of nitrogens with one attached hydrogen (secondary N) is 1. The number of aromatic nitrogens is 1. The first-order valence-electron chi connectivity index (χ1n) is 8.11. The summed E-state index contributed by atoms with van der Waals surface area (Å²) in [5, 5.41) is 3.89. The van der Waals surface area contributed by atoms with Gasteiger partial charge in [0, 0.05) is 23.7 Å². The Bertz CT molecular complexity index is 846. The average Bonchev–Trinajstić information content (AvgIpc) is 2.68. The van der Waals surface area contributed by atoms with Gasteiger partial charge in [0.05, 0.1) is 12.1 Å². The number of rotatable bonds is 5. The lowest BCUT2D eigenvalue weighted by Crippen LogP contribution is -2.22. The second-order valence-electron chi connectivity index (χ2n) is 5.17. The molecule has 1 amide bonds. The number of hydrogen-bond acceptors (Lipinski definition) is 3. The zero-order valence-corrected chi connectivity index (χ0v) is 14.4. The van der Waals surface area contributed by atoms with E-state index in [-0.39, 0.29) is 5.91 Å². The molecule has 0 unspecified atom stereocenters. The fraction of sp³-hybridized carbons (Fsp3) is 0.143. The molecule has 0 aliphatic rings. The summed E-state index contributed by atoms with van der Waals surface area (Å²) in [5.74, 6) is 0.716. The van der Waals surface area contributed by atoms with Crippen LogP contribution in [0.2, 0.25) is 0 Å². The van der Waals surface area contributed by atoms with Gasteiger partial charge in [0.15, 0.2) is 0 Å². The van der Waals surface area contributed by atoms with Crippen molar-refractivity contribution in [3.63, 3.8) is 0 Å². The number of pyridine rings is 1. The number of benzene rings is 2. The van der Waals surface area contributed by atoms with Crippen LogP contribution in [0.15, 0.2) is 74.0 Å². The predicted molar refractivity (Wildman–Crippen MR) is 102 cm³/mol. The third-order valence-corrected chi connectivity index (χ3v) is 3.53. The number of amides is 1. The molecule has 0 aliphatic heterocycles. The van der Waals surface area contributed by atoms with Crippen LogP contribution in [-0.4, -0.2) is 17.5 Å². The molecule has 0 fully saturated rings. The highest BCUT2D eigenvalue weighted by Gasteiger charge is 2.07. The van der Waals surface area contributed by atoms with Crippen LogP contribution in [0, 0.1) is 0 Å². The molecule has 128 valence electrons. The molecule has 0 saturated heterocycles. The number of ether oxygens (including phenoxy) is 1. The number of carbonyl (C=O) groups is 1. The van der Waals surface area contributed by atoms with Gasteiger partial charge >= 0.3 is 0 Å². The summed E-state index contributed by atoms with van der Waals surface area (Å²) >= 11 is 0. The molecule has 25 heavy (non-hydrogen) atoms. The van der Waals surface area contributed by atoms with Crippen LogP contribution in [0.4, 0.5) is 0 Å². The molecule has 0 saturated carbocycles. The van der Waals surface area contributed by atoms with Crippen molar-refractivity contribution in [1.82, 2.24) is 10.3 Å². The molecule has 1 aromatic heterocycles. The molecule has 0 bridgehead atoms. The fourth-order valence-corrected chi connectivity index (χ4v) is 2.41. The van der Waals surface area contributed by atoms with Crippen LogP contribution < -0.4 is 10.1 Å². The smallest absolute Gasteiger partial charge is 0.251 e. The average molecular weight is 334 g/mol. The van der Waals surface area contributed by atoms with Gasteiger partial charge in [0.2, 0.25) is 0 Å². The normalized spacial score (nSPS) is 9.80. The van der Waals surface area contributed by atoms with Crippen LogP contribution in [0.5, 0.6) is 5.75 Å². The molecule has 2 aromatic carbocycles. The van der Waals surface area contributed by atoms with Crippen molar-refractivity contribution < 1.29 is 9.53 Å². The molecule has 1 heterocycles. The standard InChI is InChI=1S/C19H18N2O2.C2H4/c1-2-23-17-7-3-5-14(11-17)13-21-19(22)16-8-9-18-15(12-16)6-4-10-20-18;1-2/h3-12H,2,13H2,1H3,(H,21,22);1-2H2. The number of carbonyl (C=O) groups excluding carboxylic acids is 1. The van der Waals surface area contributed by atoms with Crippen molar-refractivity contribution in [3.05, 3.63) is 85.1 Å². The molecule has 0 radical (unpaired) electrons. The second-order valence-corrected chi connectivity index (χ2v) is 5.17. The van der Waals surface area contributed by atoms with E-state index in [1.165, 1.54) is 0 Å². The van der Waals surface area contributed by atoms with Crippen molar-refractivity contribution in [2.24, 2.45) is 0 Å². The van der Waals surface area contributed by atoms with E-state index in [0.29, 0.717) is 18.7 Å². The van der Waals surface area contributed by atoms with E-state index in [1.54, 1.807) is 12.3 Å². The highest BCUT2D eigenvalue weighted by molar-refractivity contribution is 5.97. The van der Waals surface area contributed by atoms with Crippen molar-refractivity contribution in [2.75, 3.05) is 6.61 Å². The highest BCUT2D eigenvalue weighted by Crippen LogP contribution is 2.15. The van der Waals surface area contributed by atoms with Crippen LogP contribution in [0.3, 0.4) is 0 Å². The molecule has 4 nitrogen and oxygen atoms in total. The molecule has 0 atom stereocenters. The number of nitrogens with zero attached hydrogens (tertiary/aromatic N) is 1. The lowest BCUT2D eigenvalue weighted by atomic mass is 10.1. The summed E-state index contributed by atoms with van der Waals surface area (Å²) in [6.45, 7) is 9.04. The minimum Gasteiger partial charge on any atom is -0.494 e. The Morgan fingerprint density at radius 1 is 1.12 bits per heavy atom. The molecular weight excluding hydrogens is 312 g/mol. The second kappa shape index (κ2) is 9.23. The van der Waals surface area contributed by atoms with Crippen LogP contribution in [-0.2, 0) is 6.54 Å². The molecule has 3 rings (SSSR count). The maximum absolute atomic E-state index is 12.3. The van der Waals surface area contributed by atoms with Crippen molar-refractivity contribution in [2.45, 2.75) is 13.5 Å². The summed E-state index contributed by atoms with van der Waals surface area (Å²) in [6.07, 6.45) is 1.74. The summed E-state index contributed by atoms with van der Waals surface area (Å²) in [4.78, 5) is 16.6. The Balaban J connectivity index is 0.00000109. The van der Waals surface area contributed by atoms with Gasteiger partial charge in [-0.1, -0.05) is 18.2 Å². The Kier molecular flexibility index (Phi) is 6.72. The minimum atomic E-state index is -0.0995. The number of hydrogen-bond donors (Lipinski definition) is 1. The zero-order valence-electron chi connectivity index (χ0n) is 14.4. The fourth-order valence-electron chi connectivity index (χ4n) is 2.41. The Morgan fingerprint density at radius 2 is 1.96 bits per heavy atom. The molecule has 0 spiro atoms. The van der Waals surface area contributed by atoms with Gasteiger partial charge in [0.25, 0.3) is 5.91 Å². The Morgan fingerprint density at radius 3 is 2.76 bits per heavy atom. The SMILES string of the molecule is C=C.CCOc1cccc(CNC(=O)c2ccc3ncccc3c2)c1. The van der Waals surface area contributed by atoms with Crippen LogP contribution in [0.1, 0.15) is 22.8 Å². The first-order chi connectivity index (χ1) is 12.3. The first-order valence-corrected chi connectivity index (χ1v) is 8.11. The first kappa shape index (κ1) is 18.2. The Hall–Kier alpha value is -3.14. The summed E-state index contributed by atoms with van der Waals surface area (Å²) in [6, 6.07) is 17.1. The predicted octanol–water partition coefficient (Wildman–Crippen LogP) is 4.37. The van der Waals surface area contributed by atoms with Gasteiger partial charge in [-0.25, -0.2) is 0 Å². The van der Waals surface area contributed by atoms with E-state index in [2.05, 4.69) is 23.5 Å². The van der Waals surface area contributed by atoms with E-state index in [0.717, 1.165) is 22.2 Å². The molecule has 4 heteroatoms. The largest absolute Gasteiger partial charge is 0.494 e. The summed E-state index contributed by atoms with van der Waals surface area (Å²) < 4.78 is 5.47. The highest BCUT2D eigenvalue weighted by atomic mass is 16.5. The van der Waals surface area contributed by atoms with Gasteiger partial charge < -0.3 is 10.1 Å². The van der Waals surface area contributed by atoms with Gasteiger partial charge in [-0.3, -0.25) is 9.78 Å². The van der Waals surface area contributed by atoms with Crippen molar-refractivity contribution in [3.8, 4) is 5.75 Å². The van der Waals surface area contributed by atoms with Gasteiger partial charge in [-0.2, -0.15) is 0 Å². The topological polar surface area (TPSA) is 51.2 Å². The van der Waals surface area contributed by atoms with Gasteiger partial charge in [-0.15, -0.1) is 13.2 Å². The quantitative estimate of drug-likeness (QED) is 0.705.